The lowest BCUT2D eigenvalue weighted by Crippen LogP contribution is -2.25. The summed E-state index contributed by atoms with van der Waals surface area (Å²) in [5, 5.41) is 0. The first-order chi connectivity index (χ1) is 20.0. The van der Waals surface area contributed by atoms with Crippen molar-refractivity contribution in [3.8, 4) is 28.0 Å². The molecule has 2 aliphatic carbocycles. The molecule has 0 atom stereocenters. The van der Waals surface area contributed by atoms with Gasteiger partial charge in [0.15, 0.2) is 11.6 Å². The maximum Gasteiger partial charge on any atom is 0.201 e. The number of unbranched alkanes of at least 4 members (excludes halogenated alkanes) is 1. The second-order valence-corrected chi connectivity index (χ2v) is 12.4. The first kappa shape index (κ1) is 29.7. The second-order valence-electron chi connectivity index (χ2n) is 12.4. The molecule has 0 N–H and O–H groups in total. The van der Waals surface area contributed by atoms with Crippen molar-refractivity contribution in [2.24, 2.45) is 17.8 Å². The molecule has 0 aromatic heterocycles. The van der Waals surface area contributed by atoms with Gasteiger partial charge in [-0.15, -0.1) is 0 Å². The van der Waals surface area contributed by atoms with Gasteiger partial charge in [0.2, 0.25) is 5.82 Å². The Kier molecular flexibility index (Phi) is 10.1. The molecule has 0 saturated heterocycles. The van der Waals surface area contributed by atoms with Gasteiger partial charge in [0.1, 0.15) is 5.82 Å². The molecule has 0 aliphatic heterocycles. The Morgan fingerprint density at radius 2 is 1.29 bits per heavy atom. The number of hydrogen-bond acceptors (Lipinski definition) is 1. The highest BCUT2D eigenvalue weighted by molar-refractivity contribution is 5.71. The third-order valence-corrected chi connectivity index (χ3v) is 9.80. The van der Waals surface area contributed by atoms with Crippen LogP contribution in [0.3, 0.4) is 0 Å². The lowest BCUT2D eigenvalue weighted by molar-refractivity contribution is 0.156. The van der Waals surface area contributed by atoms with Gasteiger partial charge in [0.05, 0.1) is 6.61 Å². The van der Waals surface area contributed by atoms with Gasteiger partial charge in [-0.25, -0.2) is 8.78 Å². The normalized spacial score (nSPS) is 23.0. The maximum atomic E-state index is 15.4. The molecule has 0 spiro atoms. The van der Waals surface area contributed by atoms with Crippen LogP contribution in [0, 0.1) is 35.2 Å². The summed E-state index contributed by atoms with van der Waals surface area (Å²) >= 11 is 0. The van der Waals surface area contributed by atoms with Crippen LogP contribution in [0.15, 0.2) is 54.6 Å². The number of benzene rings is 3. The zero-order valence-electron chi connectivity index (χ0n) is 24.7. The quantitative estimate of drug-likeness (QED) is 0.223. The van der Waals surface area contributed by atoms with E-state index in [4.69, 9.17) is 4.74 Å². The van der Waals surface area contributed by atoms with E-state index in [-0.39, 0.29) is 17.1 Å². The van der Waals surface area contributed by atoms with Crippen LogP contribution in [0.5, 0.6) is 5.75 Å². The Morgan fingerprint density at radius 1 is 0.659 bits per heavy atom. The summed E-state index contributed by atoms with van der Waals surface area (Å²) in [5.41, 5.74) is 3.24. The molecule has 0 unspecified atom stereocenters. The molecule has 4 heteroatoms. The van der Waals surface area contributed by atoms with Gasteiger partial charge in [-0.1, -0.05) is 82.3 Å². The Balaban J connectivity index is 1.20. The largest absolute Gasteiger partial charge is 0.490 e. The van der Waals surface area contributed by atoms with Gasteiger partial charge in [0, 0.05) is 5.56 Å². The molecule has 0 amide bonds. The minimum absolute atomic E-state index is 0.0603. The van der Waals surface area contributed by atoms with Crippen molar-refractivity contribution in [1.29, 1.82) is 0 Å². The van der Waals surface area contributed by atoms with Gasteiger partial charge < -0.3 is 4.74 Å². The number of halogens is 3. The standard InChI is InChI=1S/C37H45F3O/c1-3-5-23-41-35-22-21-33(36(39)37(35)40)30-17-13-28(14-18-30)31-19-20-32(34(38)24-31)29-15-11-27(12-16-29)26-9-7-25(6-4-2)8-10-26/h13-14,17-22,24-27,29H,3-12,15-16,23H2,1-2H3. The molecule has 0 heterocycles. The van der Waals surface area contributed by atoms with Crippen molar-refractivity contribution in [3.63, 3.8) is 0 Å². The van der Waals surface area contributed by atoms with E-state index in [0.717, 1.165) is 60.1 Å². The summed E-state index contributed by atoms with van der Waals surface area (Å²) in [5.74, 6) is 0.860. The van der Waals surface area contributed by atoms with Crippen molar-refractivity contribution in [1.82, 2.24) is 0 Å². The Bertz CT molecular complexity index is 1270. The first-order valence-electron chi connectivity index (χ1n) is 16.0. The summed E-state index contributed by atoms with van der Waals surface area (Å²) in [6.07, 6.45) is 14.6. The molecule has 1 nitrogen and oxygen atoms in total. The predicted molar refractivity (Wildman–Crippen MR) is 163 cm³/mol. The molecule has 0 radical (unpaired) electrons. The molecule has 41 heavy (non-hydrogen) atoms. The summed E-state index contributed by atoms with van der Waals surface area (Å²) < 4.78 is 50.2. The summed E-state index contributed by atoms with van der Waals surface area (Å²) in [6, 6.07) is 15.8. The fourth-order valence-electron chi connectivity index (χ4n) is 7.33. The van der Waals surface area contributed by atoms with E-state index in [2.05, 4.69) is 6.92 Å². The SMILES string of the molecule is CCCCOc1ccc(-c2ccc(-c3ccc(C4CCC(C5CCC(CCC)CC5)CC4)c(F)c3)cc2)c(F)c1F. The van der Waals surface area contributed by atoms with Gasteiger partial charge >= 0.3 is 0 Å². The minimum Gasteiger partial charge on any atom is -0.490 e. The highest BCUT2D eigenvalue weighted by atomic mass is 19.2. The van der Waals surface area contributed by atoms with E-state index >= 15 is 4.39 Å². The third kappa shape index (κ3) is 7.01. The first-order valence-corrected chi connectivity index (χ1v) is 16.0. The van der Waals surface area contributed by atoms with E-state index in [0.29, 0.717) is 18.1 Å². The van der Waals surface area contributed by atoms with Crippen LogP contribution in [0.4, 0.5) is 13.2 Å². The summed E-state index contributed by atoms with van der Waals surface area (Å²) in [6.45, 7) is 4.67. The van der Waals surface area contributed by atoms with Crippen molar-refractivity contribution in [3.05, 3.63) is 77.6 Å². The van der Waals surface area contributed by atoms with Crippen molar-refractivity contribution < 1.29 is 17.9 Å². The number of hydrogen-bond donors (Lipinski definition) is 0. The molecular weight excluding hydrogens is 517 g/mol. The number of rotatable bonds is 10. The molecule has 5 rings (SSSR count). The maximum absolute atomic E-state index is 15.4. The molecule has 3 aromatic rings. The fourth-order valence-corrected chi connectivity index (χ4v) is 7.33. The van der Waals surface area contributed by atoms with Gasteiger partial charge in [0.25, 0.3) is 0 Å². The molecule has 2 fully saturated rings. The van der Waals surface area contributed by atoms with E-state index in [1.54, 1.807) is 24.3 Å². The Labute approximate surface area is 244 Å². The zero-order valence-corrected chi connectivity index (χ0v) is 24.7. The van der Waals surface area contributed by atoms with E-state index in [1.807, 2.05) is 31.2 Å². The minimum atomic E-state index is -0.964. The predicted octanol–water partition coefficient (Wildman–Crippen LogP) is 11.5. The van der Waals surface area contributed by atoms with E-state index in [1.165, 1.54) is 57.4 Å². The van der Waals surface area contributed by atoms with Crippen LogP contribution in [0.2, 0.25) is 0 Å². The van der Waals surface area contributed by atoms with E-state index in [9.17, 15) is 8.78 Å². The monoisotopic (exact) mass is 562 g/mol. The second kappa shape index (κ2) is 13.9. The average molecular weight is 563 g/mol. The van der Waals surface area contributed by atoms with Crippen molar-refractivity contribution >= 4 is 0 Å². The highest BCUT2D eigenvalue weighted by Gasteiger charge is 2.31. The van der Waals surface area contributed by atoms with Gasteiger partial charge in [-0.3, -0.25) is 0 Å². The van der Waals surface area contributed by atoms with Crippen LogP contribution in [-0.4, -0.2) is 6.61 Å². The van der Waals surface area contributed by atoms with Crippen LogP contribution >= 0.6 is 0 Å². The fraction of sp³-hybridized carbons (Fsp3) is 0.514. The molecular formula is C37H45F3O. The molecule has 2 aliphatic rings. The number of ether oxygens (including phenoxy) is 1. The average Bonchev–Trinajstić information content (AvgIpc) is 3.00. The van der Waals surface area contributed by atoms with Crippen LogP contribution < -0.4 is 4.74 Å². The van der Waals surface area contributed by atoms with Crippen LogP contribution in [-0.2, 0) is 0 Å². The zero-order chi connectivity index (χ0) is 28.8. The van der Waals surface area contributed by atoms with Crippen molar-refractivity contribution in [2.75, 3.05) is 6.61 Å². The third-order valence-electron chi connectivity index (χ3n) is 9.80. The lowest BCUT2D eigenvalue weighted by Gasteiger charge is -2.38. The molecule has 220 valence electrons. The smallest absolute Gasteiger partial charge is 0.201 e. The Morgan fingerprint density at radius 3 is 1.93 bits per heavy atom. The lowest BCUT2D eigenvalue weighted by atomic mass is 9.68. The summed E-state index contributed by atoms with van der Waals surface area (Å²) in [4.78, 5) is 0. The Hall–Kier alpha value is -2.75. The topological polar surface area (TPSA) is 9.23 Å². The molecule has 2 saturated carbocycles. The summed E-state index contributed by atoms with van der Waals surface area (Å²) in [7, 11) is 0. The van der Waals surface area contributed by atoms with E-state index < -0.39 is 11.6 Å². The van der Waals surface area contributed by atoms with Gasteiger partial charge in [-0.05, 0) is 109 Å². The van der Waals surface area contributed by atoms with Crippen LogP contribution in [0.25, 0.3) is 22.3 Å². The highest BCUT2D eigenvalue weighted by Crippen LogP contribution is 2.45. The molecule has 3 aromatic carbocycles. The molecule has 0 bridgehead atoms. The van der Waals surface area contributed by atoms with Crippen LogP contribution in [0.1, 0.15) is 102 Å². The van der Waals surface area contributed by atoms with Crippen molar-refractivity contribution in [2.45, 2.75) is 96.8 Å². The van der Waals surface area contributed by atoms with Gasteiger partial charge in [-0.2, -0.15) is 4.39 Å².